The lowest BCUT2D eigenvalue weighted by Crippen LogP contribution is -2.49. The predicted molar refractivity (Wildman–Crippen MR) is 82.0 cm³/mol. The molecule has 0 spiro atoms. The maximum absolute atomic E-state index is 13.5. The molecule has 2 rings (SSSR count). The van der Waals surface area contributed by atoms with Crippen molar-refractivity contribution in [2.24, 2.45) is 0 Å². The largest absolute Gasteiger partial charge is 0.411 e. The molecule has 0 aliphatic carbocycles. The normalized spacial score (nSPS) is 12.5. The molecule has 0 saturated carbocycles. The van der Waals surface area contributed by atoms with Gasteiger partial charge in [-0.05, 0) is 56.2 Å². The third-order valence-corrected chi connectivity index (χ3v) is 3.44. The maximum Gasteiger partial charge on any atom is 0.363 e. The average Bonchev–Trinajstić information content (AvgIpc) is 2.41. The van der Waals surface area contributed by atoms with Gasteiger partial charge in [0.25, 0.3) is 0 Å². The molecule has 2 aromatic rings. The van der Waals surface area contributed by atoms with E-state index in [4.69, 9.17) is 4.65 Å². The molecule has 1 unspecified atom stereocenters. The third kappa shape index (κ3) is 4.56. The molecule has 0 saturated heterocycles. The molecule has 122 valence electrons. The van der Waals surface area contributed by atoms with Gasteiger partial charge in [0.05, 0.1) is 6.23 Å². The van der Waals surface area contributed by atoms with Gasteiger partial charge < -0.3 is 4.65 Å². The van der Waals surface area contributed by atoms with Crippen molar-refractivity contribution in [1.29, 1.82) is 0 Å². The standard InChI is InChI=1S/C16H16BF4NO/c1-10(22(2)3)23-17(11-4-13(18)8-14(19)5-11)12-6-15(20)9-16(21)7-12/h4-10H,1-3H3. The highest BCUT2D eigenvalue weighted by Crippen LogP contribution is 2.07. The number of halogens is 4. The third-order valence-electron chi connectivity index (χ3n) is 3.44. The van der Waals surface area contributed by atoms with Gasteiger partial charge in [-0.25, -0.2) is 17.6 Å². The van der Waals surface area contributed by atoms with Gasteiger partial charge in [-0.15, -0.1) is 0 Å². The van der Waals surface area contributed by atoms with Crippen molar-refractivity contribution >= 4 is 17.8 Å². The minimum Gasteiger partial charge on any atom is -0.411 e. The van der Waals surface area contributed by atoms with Gasteiger partial charge in [0.1, 0.15) is 23.3 Å². The van der Waals surface area contributed by atoms with Gasteiger partial charge >= 0.3 is 6.92 Å². The summed E-state index contributed by atoms with van der Waals surface area (Å²) in [6, 6.07) is 5.78. The highest BCUT2D eigenvalue weighted by molar-refractivity contribution is 6.80. The van der Waals surface area contributed by atoms with E-state index in [2.05, 4.69) is 0 Å². The van der Waals surface area contributed by atoms with Crippen molar-refractivity contribution in [2.75, 3.05) is 14.1 Å². The van der Waals surface area contributed by atoms with Crippen molar-refractivity contribution in [1.82, 2.24) is 4.90 Å². The van der Waals surface area contributed by atoms with Crippen molar-refractivity contribution in [3.05, 3.63) is 59.7 Å². The fourth-order valence-corrected chi connectivity index (χ4v) is 2.12. The lowest BCUT2D eigenvalue weighted by atomic mass is 9.55. The molecule has 23 heavy (non-hydrogen) atoms. The predicted octanol–water partition coefficient (Wildman–Crippen LogP) is 2.27. The van der Waals surface area contributed by atoms with E-state index < -0.39 is 36.4 Å². The zero-order valence-corrected chi connectivity index (χ0v) is 13.0. The molecule has 0 fully saturated rings. The van der Waals surface area contributed by atoms with E-state index in [1.54, 1.807) is 25.9 Å². The molecule has 0 radical (unpaired) electrons. The Morgan fingerprint density at radius 3 is 1.43 bits per heavy atom. The first kappa shape index (κ1) is 17.5. The van der Waals surface area contributed by atoms with E-state index in [0.717, 1.165) is 36.4 Å². The molecular formula is C16H16BF4NO. The fourth-order valence-electron chi connectivity index (χ4n) is 2.12. The molecule has 7 heteroatoms. The first-order chi connectivity index (χ1) is 10.8. The Balaban J connectivity index is 2.50. The monoisotopic (exact) mass is 325 g/mol. The summed E-state index contributed by atoms with van der Waals surface area (Å²) in [6.45, 7) is 0.709. The summed E-state index contributed by atoms with van der Waals surface area (Å²) < 4.78 is 59.8. The van der Waals surface area contributed by atoms with Gasteiger partial charge in [0.2, 0.25) is 0 Å². The number of nitrogens with zero attached hydrogens (tertiary/aromatic N) is 1. The van der Waals surface area contributed by atoms with Crippen LogP contribution in [0.4, 0.5) is 17.6 Å². The lowest BCUT2D eigenvalue weighted by Gasteiger charge is -2.25. The van der Waals surface area contributed by atoms with Crippen molar-refractivity contribution < 1.29 is 22.2 Å². The topological polar surface area (TPSA) is 12.5 Å². The van der Waals surface area contributed by atoms with Crippen LogP contribution in [-0.4, -0.2) is 32.1 Å². The summed E-state index contributed by atoms with van der Waals surface area (Å²) in [5.74, 6) is -3.16. The van der Waals surface area contributed by atoms with Crippen LogP contribution in [0.3, 0.4) is 0 Å². The zero-order chi connectivity index (χ0) is 17.1. The number of hydrogen-bond acceptors (Lipinski definition) is 2. The van der Waals surface area contributed by atoms with Crippen LogP contribution in [0, 0.1) is 23.3 Å². The summed E-state index contributed by atoms with van der Waals surface area (Å²) in [4.78, 5) is 1.72. The Kier molecular flexibility index (Phi) is 5.44. The van der Waals surface area contributed by atoms with Crippen LogP contribution < -0.4 is 10.9 Å². The van der Waals surface area contributed by atoms with E-state index in [1.165, 1.54) is 0 Å². The number of hydrogen-bond donors (Lipinski definition) is 0. The van der Waals surface area contributed by atoms with Crippen LogP contribution >= 0.6 is 0 Å². The fraction of sp³-hybridized carbons (Fsp3) is 0.250. The van der Waals surface area contributed by atoms with Crippen LogP contribution in [0.1, 0.15) is 6.92 Å². The Morgan fingerprint density at radius 2 is 1.13 bits per heavy atom. The van der Waals surface area contributed by atoms with Gasteiger partial charge in [-0.3, -0.25) is 4.90 Å². The van der Waals surface area contributed by atoms with Crippen molar-refractivity contribution in [2.45, 2.75) is 13.2 Å². The highest BCUT2D eigenvalue weighted by atomic mass is 19.1. The van der Waals surface area contributed by atoms with Gasteiger partial charge in [-0.1, -0.05) is 0 Å². The Bertz CT molecular complexity index is 604. The highest BCUT2D eigenvalue weighted by Gasteiger charge is 2.27. The first-order valence-corrected chi connectivity index (χ1v) is 7.00. The average molecular weight is 325 g/mol. The summed E-state index contributed by atoms with van der Waals surface area (Å²) in [6.07, 6.45) is -0.447. The van der Waals surface area contributed by atoms with E-state index in [0.29, 0.717) is 0 Å². The van der Waals surface area contributed by atoms with Crippen LogP contribution in [0.2, 0.25) is 0 Å². The van der Waals surface area contributed by atoms with E-state index in [-0.39, 0.29) is 10.9 Å². The minimum atomic E-state index is -1.01. The zero-order valence-electron chi connectivity index (χ0n) is 13.0. The summed E-state index contributed by atoms with van der Waals surface area (Å²) >= 11 is 0. The second-order valence-electron chi connectivity index (χ2n) is 5.48. The summed E-state index contributed by atoms with van der Waals surface area (Å²) in [5.41, 5.74) is 0.280. The quantitative estimate of drug-likeness (QED) is 0.475. The Hall–Kier alpha value is -1.86. The van der Waals surface area contributed by atoms with Gasteiger partial charge in [-0.2, -0.15) is 0 Å². The van der Waals surface area contributed by atoms with Gasteiger partial charge in [0, 0.05) is 12.1 Å². The van der Waals surface area contributed by atoms with Crippen LogP contribution in [0.5, 0.6) is 0 Å². The van der Waals surface area contributed by atoms with E-state index in [1.807, 2.05) is 0 Å². The molecule has 2 nitrogen and oxygen atoms in total. The SMILES string of the molecule is CC(OB(c1cc(F)cc(F)c1)c1cc(F)cc(F)c1)N(C)C. The molecular weight excluding hydrogens is 309 g/mol. The van der Waals surface area contributed by atoms with E-state index in [9.17, 15) is 17.6 Å². The molecule has 0 aromatic heterocycles. The molecule has 0 aliphatic rings. The molecule has 0 aliphatic heterocycles. The number of rotatable bonds is 5. The molecule has 0 N–H and O–H groups in total. The second-order valence-corrected chi connectivity index (χ2v) is 5.48. The van der Waals surface area contributed by atoms with Crippen molar-refractivity contribution in [3.8, 4) is 0 Å². The second kappa shape index (κ2) is 7.15. The van der Waals surface area contributed by atoms with Crippen LogP contribution in [0.25, 0.3) is 0 Å². The minimum absolute atomic E-state index is 0.140. The molecule has 1 atom stereocenters. The maximum atomic E-state index is 13.5. The smallest absolute Gasteiger partial charge is 0.363 e. The molecule has 0 heterocycles. The first-order valence-electron chi connectivity index (χ1n) is 7.00. The summed E-state index contributed by atoms with van der Waals surface area (Å²) in [7, 11) is 3.50. The van der Waals surface area contributed by atoms with Crippen molar-refractivity contribution in [3.63, 3.8) is 0 Å². The van der Waals surface area contributed by atoms with E-state index >= 15 is 0 Å². The molecule has 2 aromatic carbocycles. The number of benzene rings is 2. The Morgan fingerprint density at radius 1 is 0.783 bits per heavy atom. The van der Waals surface area contributed by atoms with Crippen LogP contribution in [0.15, 0.2) is 36.4 Å². The lowest BCUT2D eigenvalue weighted by molar-refractivity contribution is 0.0842. The molecule has 0 bridgehead atoms. The van der Waals surface area contributed by atoms with Crippen LogP contribution in [-0.2, 0) is 4.65 Å². The summed E-state index contributed by atoms with van der Waals surface area (Å²) in [5, 5.41) is 0. The molecule has 0 amide bonds. The van der Waals surface area contributed by atoms with Gasteiger partial charge in [0.15, 0.2) is 0 Å². The Labute approximate surface area is 132 Å².